The van der Waals surface area contributed by atoms with Crippen molar-refractivity contribution in [1.29, 1.82) is 0 Å². The van der Waals surface area contributed by atoms with Gasteiger partial charge in [0.1, 0.15) is 0 Å². The van der Waals surface area contributed by atoms with Crippen molar-refractivity contribution in [2.45, 2.75) is 20.8 Å². The number of nitrogens with one attached hydrogen (secondary N) is 1. The molecule has 1 atom stereocenters. The topological polar surface area (TPSA) is 41.6 Å². The van der Waals surface area contributed by atoms with Crippen LogP contribution >= 0.6 is 0 Å². The number of morpholine rings is 1. The second-order valence-corrected chi connectivity index (χ2v) is 4.35. The molecule has 0 aromatic carbocycles. The largest absolute Gasteiger partial charge is 0.378 e. The summed E-state index contributed by atoms with van der Waals surface area (Å²) in [5.74, 6) is 3.72. The van der Waals surface area contributed by atoms with Gasteiger partial charge < -0.3 is 15.0 Å². The highest BCUT2D eigenvalue weighted by Gasteiger charge is 2.14. The number of nitrogens with zero attached hydrogens (tertiary/aromatic N) is 1. The SMILES string of the molecule is C#CC(C)C(C)C.CNC(=O)N1CCOCC1. The molecule has 1 aliphatic heterocycles. The Labute approximate surface area is 105 Å². The predicted molar refractivity (Wildman–Crippen MR) is 69.7 cm³/mol. The molecule has 0 saturated carbocycles. The van der Waals surface area contributed by atoms with Crippen molar-refractivity contribution in [2.75, 3.05) is 33.4 Å². The van der Waals surface area contributed by atoms with Gasteiger partial charge in [-0.15, -0.1) is 12.3 Å². The fraction of sp³-hybridized carbons (Fsp3) is 0.769. The Bertz CT molecular complexity index is 253. The summed E-state index contributed by atoms with van der Waals surface area (Å²) in [5.41, 5.74) is 0. The third-order valence-corrected chi connectivity index (χ3v) is 2.78. The van der Waals surface area contributed by atoms with Crippen molar-refractivity contribution in [1.82, 2.24) is 10.2 Å². The van der Waals surface area contributed by atoms with E-state index in [-0.39, 0.29) is 6.03 Å². The Balaban J connectivity index is 0.000000325. The smallest absolute Gasteiger partial charge is 0.317 e. The molecule has 0 aromatic heterocycles. The molecule has 1 N–H and O–H groups in total. The van der Waals surface area contributed by atoms with E-state index in [0.29, 0.717) is 38.1 Å². The van der Waals surface area contributed by atoms with Gasteiger partial charge in [0.2, 0.25) is 0 Å². The van der Waals surface area contributed by atoms with Gasteiger partial charge in [0.15, 0.2) is 0 Å². The molecular formula is C13H24N2O2. The van der Waals surface area contributed by atoms with Crippen molar-refractivity contribution in [2.24, 2.45) is 11.8 Å². The fourth-order valence-electron chi connectivity index (χ4n) is 1.12. The van der Waals surface area contributed by atoms with Crippen LogP contribution in [0.15, 0.2) is 0 Å². The van der Waals surface area contributed by atoms with E-state index in [4.69, 9.17) is 11.2 Å². The third kappa shape index (κ3) is 6.85. The molecule has 0 aliphatic carbocycles. The highest BCUT2D eigenvalue weighted by molar-refractivity contribution is 5.73. The van der Waals surface area contributed by atoms with Gasteiger partial charge >= 0.3 is 6.03 Å². The molecule has 1 aliphatic rings. The standard InChI is InChI=1S/C7H12.C6H12N2O2/c1-5-7(4)6(2)3;1-7-6(9)8-2-4-10-5-3-8/h1,6-7H,2-4H3;2-5H2,1H3,(H,7,9). The molecule has 0 bridgehead atoms. The maximum absolute atomic E-state index is 10.9. The van der Waals surface area contributed by atoms with Crippen molar-refractivity contribution in [3.63, 3.8) is 0 Å². The first kappa shape index (κ1) is 15.8. The molecule has 0 spiro atoms. The minimum absolute atomic E-state index is 0.0108. The molecule has 4 nitrogen and oxygen atoms in total. The van der Waals surface area contributed by atoms with Crippen LogP contribution in [0.5, 0.6) is 0 Å². The van der Waals surface area contributed by atoms with Crippen LogP contribution in [-0.4, -0.2) is 44.3 Å². The summed E-state index contributed by atoms with van der Waals surface area (Å²) in [7, 11) is 1.64. The first-order valence-electron chi connectivity index (χ1n) is 6.03. The lowest BCUT2D eigenvalue weighted by molar-refractivity contribution is 0.0537. The lowest BCUT2D eigenvalue weighted by Crippen LogP contribution is -2.44. The first-order valence-corrected chi connectivity index (χ1v) is 6.03. The molecule has 1 saturated heterocycles. The second-order valence-electron chi connectivity index (χ2n) is 4.35. The molecule has 4 heteroatoms. The zero-order valence-electron chi connectivity index (χ0n) is 11.3. The van der Waals surface area contributed by atoms with Crippen LogP contribution in [0, 0.1) is 24.2 Å². The lowest BCUT2D eigenvalue weighted by atomic mass is 10.00. The van der Waals surface area contributed by atoms with Crippen LogP contribution in [0.2, 0.25) is 0 Å². The minimum Gasteiger partial charge on any atom is -0.378 e. The summed E-state index contributed by atoms with van der Waals surface area (Å²) in [6.07, 6.45) is 5.12. The van der Waals surface area contributed by atoms with Gasteiger partial charge in [0.05, 0.1) is 13.2 Å². The number of carbonyl (C=O) groups is 1. The Morgan fingerprint density at radius 2 is 1.88 bits per heavy atom. The predicted octanol–water partition coefficient (Wildman–Crippen LogP) is 1.57. The van der Waals surface area contributed by atoms with Gasteiger partial charge in [0, 0.05) is 26.1 Å². The maximum atomic E-state index is 10.9. The Kier molecular flexibility index (Phi) is 8.25. The monoisotopic (exact) mass is 240 g/mol. The second kappa shape index (κ2) is 8.89. The summed E-state index contributed by atoms with van der Waals surface area (Å²) in [6, 6.07) is -0.0108. The van der Waals surface area contributed by atoms with Crippen LogP contribution in [0.1, 0.15) is 20.8 Å². The van der Waals surface area contributed by atoms with Crippen LogP contribution < -0.4 is 5.32 Å². The molecule has 0 aromatic rings. The van der Waals surface area contributed by atoms with Crippen molar-refractivity contribution >= 4 is 6.03 Å². The molecule has 1 heterocycles. The summed E-state index contributed by atoms with van der Waals surface area (Å²) < 4.78 is 5.07. The molecule has 0 radical (unpaired) electrons. The van der Waals surface area contributed by atoms with Crippen molar-refractivity contribution in [3.05, 3.63) is 0 Å². The highest BCUT2D eigenvalue weighted by atomic mass is 16.5. The number of ether oxygens (including phenoxy) is 1. The van der Waals surface area contributed by atoms with Crippen LogP contribution in [0.3, 0.4) is 0 Å². The summed E-state index contributed by atoms with van der Waals surface area (Å²) in [5, 5.41) is 2.57. The van der Waals surface area contributed by atoms with Gasteiger partial charge in [-0.05, 0) is 5.92 Å². The number of urea groups is 1. The average molecular weight is 240 g/mol. The van der Waals surface area contributed by atoms with E-state index in [2.05, 4.69) is 32.0 Å². The van der Waals surface area contributed by atoms with Gasteiger partial charge in [-0.2, -0.15) is 0 Å². The maximum Gasteiger partial charge on any atom is 0.317 e. The normalized spacial score (nSPS) is 16.6. The first-order chi connectivity index (χ1) is 8.02. The van der Waals surface area contributed by atoms with Gasteiger partial charge in [0.25, 0.3) is 0 Å². The van der Waals surface area contributed by atoms with Crippen molar-refractivity contribution < 1.29 is 9.53 Å². The quantitative estimate of drug-likeness (QED) is 0.707. The molecule has 1 unspecified atom stereocenters. The Morgan fingerprint density at radius 1 is 1.35 bits per heavy atom. The highest BCUT2D eigenvalue weighted by Crippen LogP contribution is 2.05. The van der Waals surface area contributed by atoms with Crippen molar-refractivity contribution in [3.8, 4) is 12.3 Å². The number of carbonyl (C=O) groups excluding carboxylic acids is 1. The molecule has 2 amide bonds. The zero-order valence-corrected chi connectivity index (χ0v) is 11.3. The summed E-state index contributed by atoms with van der Waals surface area (Å²) in [6.45, 7) is 9.06. The molecule has 98 valence electrons. The molecule has 1 rings (SSSR count). The third-order valence-electron chi connectivity index (χ3n) is 2.78. The fourth-order valence-corrected chi connectivity index (χ4v) is 1.12. The molecular weight excluding hydrogens is 216 g/mol. The number of rotatable bonds is 1. The van der Waals surface area contributed by atoms with E-state index in [0.717, 1.165) is 0 Å². The summed E-state index contributed by atoms with van der Waals surface area (Å²) >= 11 is 0. The molecule has 1 fully saturated rings. The van der Waals surface area contributed by atoms with Gasteiger partial charge in [-0.3, -0.25) is 0 Å². The Hall–Kier alpha value is -1.21. The van der Waals surface area contributed by atoms with E-state index in [1.165, 1.54) is 0 Å². The van der Waals surface area contributed by atoms with Gasteiger partial charge in [-0.25, -0.2) is 4.79 Å². The number of amides is 2. The lowest BCUT2D eigenvalue weighted by Gasteiger charge is -2.26. The summed E-state index contributed by atoms with van der Waals surface area (Å²) in [4.78, 5) is 12.7. The van der Waals surface area contributed by atoms with E-state index in [1.54, 1.807) is 11.9 Å². The molecule has 17 heavy (non-hydrogen) atoms. The minimum atomic E-state index is -0.0108. The number of hydrogen-bond donors (Lipinski definition) is 1. The zero-order chi connectivity index (χ0) is 13.3. The van der Waals surface area contributed by atoms with E-state index >= 15 is 0 Å². The van der Waals surface area contributed by atoms with Gasteiger partial charge in [-0.1, -0.05) is 20.8 Å². The van der Waals surface area contributed by atoms with Crippen LogP contribution in [-0.2, 0) is 4.74 Å². The van der Waals surface area contributed by atoms with Crippen LogP contribution in [0.4, 0.5) is 4.79 Å². The van der Waals surface area contributed by atoms with E-state index < -0.39 is 0 Å². The Morgan fingerprint density at radius 3 is 2.18 bits per heavy atom. The van der Waals surface area contributed by atoms with E-state index in [9.17, 15) is 4.79 Å². The van der Waals surface area contributed by atoms with Crippen LogP contribution in [0.25, 0.3) is 0 Å². The van der Waals surface area contributed by atoms with E-state index in [1.807, 2.05) is 0 Å². The number of hydrogen-bond acceptors (Lipinski definition) is 2. The number of terminal acetylenes is 1. The average Bonchev–Trinajstić information content (AvgIpc) is 2.38.